The van der Waals surface area contributed by atoms with Gasteiger partial charge in [-0.05, 0) is 13.8 Å². The minimum Gasteiger partial charge on any atom is -0.465 e. The van der Waals surface area contributed by atoms with Gasteiger partial charge in [0.05, 0.1) is 17.3 Å². The first-order valence-corrected chi connectivity index (χ1v) is 4.87. The lowest BCUT2D eigenvalue weighted by atomic mass is 10.2. The summed E-state index contributed by atoms with van der Waals surface area (Å²) >= 11 is 1.47. The van der Waals surface area contributed by atoms with Crippen LogP contribution in [-0.2, 0) is 9.53 Å². The molecular formula is C8H12N2O2S. The van der Waals surface area contributed by atoms with Gasteiger partial charge in [0, 0.05) is 5.38 Å². The molecule has 0 aliphatic heterocycles. The number of ether oxygens (including phenoxy) is 1. The smallest absolute Gasteiger partial charge is 0.329 e. The molecule has 2 N–H and O–H groups in total. The van der Waals surface area contributed by atoms with E-state index >= 15 is 0 Å². The Morgan fingerprint density at radius 2 is 2.54 bits per heavy atom. The first kappa shape index (κ1) is 10.1. The molecular weight excluding hydrogens is 188 g/mol. The van der Waals surface area contributed by atoms with Gasteiger partial charge in [-0.15, -0.1) is 11.3 Å². The highest BCUT2D eigenvalue weighted by Gasteiger charge is 2.18. The Kier molecular flexibility index (Phi) is 3.39. The van der Waals surface area contributed by atoms with Crippen molar-refractivity contribution in [3.63, 3.8) is 0 Å². The molecule has 0 bridgehead atoms. The summed E-state index contributed by atoms with van der Waals surface area (Å²) < 4.78 is 4.77. The van der Waals surface area contributed by atoms with Crippen molar-refractivity contribution in [3.05, 3.63) is 16.1 Å². The van der Waals surface area contributed by atoms with E-state index in [9.17, 15) is 4.79 Å². The zero-order chi connectivity index (χ0) is 9.84. The number of aromatic nitrogens is 1. The molecule has 1 rings (SSSR count). The van der Waals surface area contributed by atoms with E-state index in [1.54, 1.807) is 12.3 Å². The summed E-state index contributed by atoms with van der Waals surface area (Å²) in [6, 6.07) is -0.745. The third kappa shape index (κ3) is 2.50. The minimum absolute atomic E-state index is 0.343. The van der Waals surface area contributed by atoms with Crippen molar-refractivity contribution in [2.45, 2.75) is 19.9 Å². The van der Waals surface area contributed by atoms with Crippen LogP contribution in [0.15, 0.2) is 5.38 Å². The second-order valence-electron chi connectivity index (χ2n) is 2.52. The van der Waals surface area contributed by atoms with Gasteiger partial charge >= 0.3 is 5.97 Å². The van der Waals surface area contributed by atoms with E-state index in [-0.39, 0.29) is 0 Å². The molecule has 0 radical (unpaired) electrons. The van der Waals surface area contributed by atoms with Gasteiger partial charge in [-0.2, -0.15) is 0 Å². The molecule has 0 saturated carbocycles. The van der Waals surface area contributed by atoms with Crippen molar-refractivity contribution in [2.24, 2.45) is 5.73 Å². The van der Waals surface area contributed by atoms with Gasteiger partial charge in [0.15, 0.2) is 0 Å². The van der Waals surface area contributed by atoms with Crippen molar-refractivity contribution < 1.29 is 9.53 Å². The van der Waals surface area contributed by atoms with Crippen LogP contribution >= 0.6 is 11.3 Å². The average molecular weight is 200 g/mol. The molecule has 4 nitrogen and oxygen atoms in total. The lowest BCUT2D eigenvalue weighted by Gasteiger charge is -2.06. The predicted octanol–water partition coefficient (Wildman–Crippen LogP) is 1.01. The maximum atomic E-state index is 11.2. The fraction of sp³-hybridized carbons (Fsp3) is 0.500. The zero-order valence-corrected chi connectivity index (χ0v) is 8.43. The molecule has 5 heteroatoms. The highest BCUT2D eigenvalue weighted by atomic mass is 32.1. The van der Waals surface area contributed by atoms with E-state index in [4.69, 9.17) is 10.5 Å². The van der Waals surface area contributed by atoms with Crippen LogP contribution in [0.3, 0.4) is 0 Å². The van der Waals surface area contributed by atoms with Crippen LogP contribution in [0.4, 0.5) is 0 Å². The molecule has 0 amide bonds. The molecule has 1 heterocycles. The molecule has 72 valence electrons. The molecule has 1 atom stereocenters. The number of nitrogens with zero attached hydrogens (tertiary/aromatic N) is 1. The van der Waals surface area contributed by atoms with Gasteiger partial charge in [-0.1, -0.05) is 0 Å². The maximum Gasteiger partial charge on any atom is 0.329 e. The van der Waals surface area contributed by atoms with Crippen LogP contribution in [0, 0.1) is 6.92 Å². The SMILES string of the molecule is CCOC(=O)C(N)c1csc(C)n1. The Balaban J connectivity index is 2.67. The van der Waals surface area contributed by atoms with Crippen molar-refractivity contribution in [2.75, 3.05) is 6.61 Å². The lowest BCUT2D eigenvalue weighted by molar-refractivity contribution is -0.144. The third-order valence-corrected chi connectivity index (χ3v) is 2.29. The minimum atomic E-state index is -0.745. The summed E-state index contributed by atoms with van der Waals surface area (Å²) in [5, 5.41) is 2.67. The van der Waals surface area contributed by atoms with E-state index in [1.807, 2.05) is 6.92 Å². The highest BCUT2D eigenvalue weighted by Crippen LogP contribution is 2.15. The second-order valence-corrected chi connectivity index (χ2v) is 3.58. The third-order valence-electron chi connectivity index (χ3n) is 1.50. The summed E-state index contributed by atoms with van der Waals surface area (Å²) in [6.07, 6.45) is 0. The van der Waals surface area contributed by atoms with Crippen LogP contribution in [0.1, 0.15) is 23.7 Å². The van der Waals surface area contributed by atoms with Gasteiger partial charge in [0.2, 0.25) is 0 Å². The first-order chi connectivity index (χ1) is 6.15. The van der Waals surface area contributed by atoms with E-state index in [2.05, 4.69) is 4.98 Å². The molecule has 0 fully saturated rings. The molecule has 0 aliphatic carbocycles. The fourth-order valence-electron chi connectivity index (χ4n) is 0.876. The maximum absolute atomic E-state index is 11.2. The summed E-state index contributed by atoms with van der Waals surface area (Å²) in [5.41, 5.74) is 6.19. The number of nitrogens with two attached hydrogens (primary N) is 1. The topological polar surface area (TPSA) is 65.2 Å². The molecule has 1 aromatic rings. The number of rotatable bonds is 3. The van der Waals surface area contributed by atoms with Crippen LogP contribution in [0.2, 0.25) is 0 Å². The Morgan fingerprint density at radius 3 is 3.00 bits per heavy atom. The normalized spacial score (nSPS) is 12.5. The quantitative estimate of drug-likeness (QED) is 0.740. The summed E-state index contributed by atoms with van der Waals surface area (Å²) in [4.78, 5) is 15.3. The van der Waals surface area contributed by atoms with Crippen molar-refractivity contribution >= 4 is 17.3 Å². The summed E-state index contributed by atoms with van der Waals surface area (Å²) in [7, 11) is 0. The summed E-state index contributed by atoms with van der Waals surface area (Å²) in [5.74, 6) is -0.423. The van der Waals surface area contributed by atoms with Crippen LogP contribution < -0.4 is 5.73 Å². The van der Waals surface area contributed by atoms with Gasteiger partial charge < -0.3 is 10.5 Å². The number of aryl methyl sites for hydroxylation is 1. The van der Waals surface area contributed by atoms with Crippen LogP contribution in [0.25, 0.3) is 0 Å². The van der Waals surface area contributed by atoms with Crippen molar-refractivity contribution in [1.29, 1.82) is 0 Å². The molecule has 0 spiro atoms. The molecule has 1 aromatic heterocycles. The number of hydrogen-bond acceptors (Lipinski definition) is 5. The van der Waals surface area contributed by atoms with Crippen LogP contribution in [0.5, 0.6) is 0 Å². The van der Waals surface area contributed by atoms with E-state index < -0.39 is 12.0 Å². The molecule has 0 saturated heterocycles. The highest BCUT2D eigenvalue weighted by molar-refractivity contribution is 7.09. The van der Waals surface area contributed by atoms with Gasteiger partial charge in [-0.3, -0.25) is 0 Å². The Hall–Kier alpha value is -0.940. The lowest BCUT2D eigenvalue weighted by Crippen LogP contribution is -2.24. The number of esters is 1. The van der Waals surface area contributed by atoms with E-state index in [0.29, 0.717) is 12.3 Å². The van der Waals surface area contributed by atoms with E-state index in [1.165, 1.54) is 11.3 Å². The number of carbonyl (C=O) groups excluding carboxylic acids is 1. The largest absolute Gasteiger partial charge is 0.465 e. The van der Waals surface area contributed by atoms with Crippen LogP contribution in [-0.4, -0.2) is 17.6 Å². The molecule has 0 aliphatic rings. The van der Waals surface area contributed by atoms with Gasteiger partial charge in [0.25, 0.3) is 0 Å². The molecule has 13 heavy (non-hydrogen) atoms. The monoisotopic (exact) mass is 200 g/mol. The average Bonchev–Trinajstić information content (AvgIpc) is 2.51. The summed E-state index contributed by atoms with van der Waals surface area (Å²) in [6.45, 7) is 3.96. The van der Waals surface area contributed by atoms with Gasteiger partial charge in [0.1, 0.15) is 6.04 Å². The van der Waals surface area contributed by atoms with Crippen molar-refractivity contribution in [1.82, 2.24) is 4.98 Å². The first-order valence-electron chi connectivity index (χ1n) is 3.99. The molecule has 1 unspecified atom stereocenters. The Labute approximate surface area is 80.7 Å². The standard InChI is InChI=1S/C8H12N2O2S/c1-3-12-8(11)7(9)6-4-13-5(2)10-6/h4,7H,3,9H2,1-2H3. The zero-order valence-electron chi connectivity index (χ0n) is 7.61. The number of hydrogen-bond donors (Lipinski definition) is 1. The van der Waals surface area contributed by atoms with Gasteiger partial charge in [-0.25, -0.2) is 9.78 Å². The fourth-order valence-corrected chi connectivity index (χ4v) is 1.52. The Morgan fingerprint density at radius 1 is 1.85 bits per heavy atom. The predicted molar refractivity (Wildman–Crippen MR) is 50.4 cm³/mol. The number of thiazole rings is 1. The number of carbonyl (C=O) groups is 1. The molecule has 0 aromatic carbocycles. The van der Waals surface area contributed by atoms with Crippen molar-refractivity contribution in [3.8, 4) is 0 Å². The second kappa shape index (κ2) is 4.34. The Bertz CT molecular complexity index is 298. The van der Waals surface area contributed by atoms with E-state index in [0.717, 1.165) is 5.01 Å².